The van der Waals surface area contributed by atoms with Crippen LogP contribution in [0.2, 0.25) is 0 Å². The van der Waals surface area contributed by atoms with Gasteiger partial charge in [0.1, 0.15) is 0 Å². The Balaban J connectivity index is 2.04. The topological polar surface area (TPSA) is 26.0 Å². The molecule has 0 spiro atoms. The molecule has 1 fully saturated rings. The Morgan fingerprint density at radius 3 is 2.75 bits per heavy atom. The van der Waals surface area contributed by atoms with E-state index >= 15 is 0 Å². The molecule has 1 saturated carbocycles. The van der Waals surface area contributed by atoms with Crippen LogP contribution in [0.4, 0.5) is 0 Å². The van der Waals surface area contributed by atoms with Gasteiger partial charge in [0, 0.05) is 6.04 Å². The van der Waals surface area contributed by atoms with Gasteiger partial charge in [-0.2, -0.15) is 11.3 Å². The third-order valence-corrected chi connectivity index (χ3v) is 3.54. The average molecular weight is 181 g/mol. The Morgan fingerprint density at radius 1 is 1.42 bits per heavy atom. The quantitative estimate of drug-likeness (QED) is 0.746. The number of hydrogen-bond donors (Lipinski definition) is 1. The summed E-state index contributed by atoms with van der Waals surface area (Å²) in [5.74, 6) is 0.750. The van der Waals surface area contributed by atoms with Gasteiger partial charge < -0.3 is 5.73 Å². The van der Waals surface area contributed by atoms with E-state index in [-0.39, 0.29) is 0 Å². The molecule has 1 atom stereocenters. The molecule has 1 aliphatic rings. The SMILES string of the molecule is N[C@@H](c1ccsc1)C1CCCC1. The molecule has 2 heteroatoms. The lowest BCUT2D eigenvalue weighted by molar-refractivity contribution is 0.446. The molecule has 1 heterocycles. The minimum atomic E-state index is 0.304. The molecule has 66 valence electrons. The third kappa shape index (κ3) is 1.54. The molecule has 2 N–H and O–H groups in total. The van der Waals surface area contributed by atoms with Gasteiger partial charge in [0.15, 0.2) is 0 Å². The number of rotatable bonds is 2. The van der Waals surface area contributed by atoms with Crippen molar-refractivity contribution in [2.24, 2.45) is 11.7 Å². The zero-order valence-corrected chi connectivity index (χ0v) is 8.02. The van der Waals surface area contributed by atoms with Gasteiger partial charge in [-0.15, -0.1) is 0 Å². The molecular formula is C10H15NS. The summed E-state index contributed by atoms with van der Waals surface area (Å²) < 4.78 is 0. The van der Waals surface area contributed by atoms with E-state index in [4.69, 9.17) is 5.73 Å². The first kappa shape index (κ1) is 8.27. The maximum Gasteiger partial charge on any atom is 0.0331 e. The van der Waals surface area contributed by atoms with Crippen LogP contribution in [0.3, 0.4) is 0 Å². The van der Waals surface area contributed by atoms with Crippen LogP contribution >= 0.6 is 11.3 Å². The highest BCUT2D eigenvalue weighted by atomic mass is 32.1. The third-order valence-electron chi connectivity index (χ3n) is 2.84. The van der Waals surface area contributed by atoms with Gasteiger partial charge in [0.2, 0.25) is 0 Å². The van der Waals surface area contributed by atoms with E-state index in [1.165, 1.54) is 31.2 Å². The Morgan fingerprint density at radius 2 is 2.17 bits per heavy atom. The highest BCUT2D eigenvalue weighted by Crippen LogP contribution is 2.34. The molecule has 0 amide bonds. The molecule has 1 aromatic rings. The summed E-state index contributed by atoms with van der Waals surface area (Å²) in [5.41, 5.74) is 7.49. The normalized spacial score (nSPS) is 21.4. The summed E-state index contributed by atoms with van der Waals surface area (Å²) in [7, 11) is 0. The molecule has 12 heavy (non-hydrogen) atoms. The zero-order chi connectivity index (χ0) is 8.39. The van der Waals surface area contributed by atoms with E-state index in [0.717, 1.165) is 5.92 Å². The van der Waals surface area contributed by atoms with Crippen molar-refractivity contribution in [2.75, 3.05) is 0 Å². The van der Waals surface area contributed by atoms with Crippen molar-refractivity contribution in [1.29, 1.82) is 0 Å². The fourth-order valence-corrected chi connectivity index (χ4v) is 2.76. The standard InChI is InChI=1S/C10H15NS/c11-10(8-3-1-2-4-8)9-5-6-12-7-9/h5-8,10H,1-4,11H2/t10-/m1/s1. The number of thiophene rings is 1. The zero-order valence-electron chi connectivity index (χ0n) is 7.20. The van der Waals surface area contributed by atoms with Crippen molar-refractivity contribution in [2.45, 2.75) is 31.7 Å². The van der Waals surface area contributed by atoms with E-state index in [1.807, 2.05) is 0 Å². The Bertz CT molecular complexity index is 224. The number of nitrogens with two attached hydrogens (primary N) is 1. The van der Waals surface area contributed by atoms with Crippen molar-refractivity contribution in [3.63, 3.8) is 0 Å². The maximum absolute atomic E-state index is 6.15. The van der Waals surface area contributed by atoms with Gasteiger partial charge in [0.05, 0.1) is 0 Å². The maximum atomic E-state index is 6.15. The molecular weight excluding hydrogens is 166 g/mol. The summed E-state index contributed by atoms with van der Waals surface area (Å²) in [4.78, 5) is 0. The van der Waals surface area contributed by atoms with Crippen LogP contribution in [0.5, 0.6) is 0 Å². The van der Waals surface area contributed by atoms with Crippen LogP contribution in [-0.2, 0) is 0 Å². The van der Waals surface area contributed by atoms with Gasteiger partial charge in [-0.3, -0.25) is 0 Å². The molecule has 0 aliphatic heterocycles. The second-order valence-corrected chi connectivity index (χ2v) is 4.41. The summed E-state index contributed by atoms with van der Waals surface area (Å²) in [6.07, 6.45) is 5.42. The fourth-order valence-electron chi connectivity index (χ4n) is 2.05. The number of hydrogen-bond acceptors (Lipinski definition) is 2. The first-order valence-electron chi connectivity index (χ1n) is 4.65. The van der Waals surface area contributed by atoms with Crippen molar-refractivity contribution in [3.05, 3.63) is 22.4 Å². The van der Waals surface area contributed by atoms with Gasteiger partial charge in [-0.1, -0.05) is 12.8 Å². The van der Waals surface area contributed by atoms with Crippen molar-refractivity contribution in [1.82, 2.24) is 0 Å². The molecule has 0 unspecified atom stereocenters. The monoisotopic (exact) mass is 181 g/mol. The Labute approximate surface area is 77.6 Å². The van der Waals surface area contributed by atoms with E-state index in [1.54, 1.807) is 11.3 Å². The average Bonchev–Trinajstić information content (AvgIpc) is 2.77. The van der Waals surface area contributed by atoms with E-state index in [0.29, 0.717) is 6.04 Å². The summed E-state index contributed by atoms with van der Waals surface area (Å²) in [5, 5.41) is 4.30. The van der Waals surface area contributed by atoms with Crippen LogP contribution in [0, 0.1) is 5.92 Å². The predicted octanol–water partition coefficient (Wildman–Crippen LogP) is 2.94. The summed E-state index contributed by atoms with van der Waals surface area (Å²) in [6.45, 7) is 0. The lowest BCUT2D eigenvalue weighted by Gasteiger charge is -2.17. The fraction of sp³-hybridized carbons (Fsp3) is 0.600. The van der Waals surface area contributed by atoms with Crippen molar-refractivity contribution < 1.29 is 0 Å². The smallest absolute Gasteiger partial charge is 0.0331 e. The second-order valence-electron chi connectivity index (χ2n) is 3.63. The van der Waals surface area contributed by atoms with Crippen LogP contribution < -0.4 is 5.73 Å². The molecule has 2 rings (SSSR count). The van der Waals surface area contributed by atoms with Gasteiger partial charge >= 0.3 is 0 Å². The minimum Gasteiger partial charge on any atom is -0.324 e. The molecule has 1 aliphatic carbocycles. The first-order valence-corrected chi connectivity index (χ1v) is 5.60. The summed E-state index contributed by atoms with van der Waals surface area (Å²) in [6, 6.07) is 2.46. The highest BCUT2D eigenvalue weighted by Gasteiger charge is 2.22. The Hall–Kier alpha value is -0.340. The highest BCUT2D eigenvalue weighted by molar-refractivity contribution is 7.07. The van der Waals surface area contributed by atoms with Gasteiger partial charge in [-0.25, -0.2) is 0 Å². The summed E-state index contributed by atoms with van der Waals surface area (Å²) >= 11 is 1.75. The molecule has 0 bridgehead atoms. The van der Waals surface area contributed by atoms with Crippen LogP contribution in [0.15, 0.2) is 16.8 Å². The predicted molar refractivity (Wildman–Crippen MR) is 53.2 cm³/mol. The molecule has 0 aromatic carbocycles. The van der Waals surface area contributed by atoms with E-state index in [2.05, 4.69) is 16.8 Å². The molecule has 1 aromatic heterocycles. The van der Waals surface area contributed by atoms with Gasteiger partial charge in [0.25, 0.3) is 0 Å². The van der Waals surface area contributed by atoms with E-state index in [9.17, 15) is 0 Å². The van der Waals surface area contributed by atoms with E-state index < -0.39 is 0 Å². The van der Waals surface area contributed by atoms with Crippen LogP contribution in [0.25, 0.3) is 0 Å². The molecule has 0 radical (unpaired) electrons. The van der Waals surface area contributed by atoms with Crippen molar-refractivity contribution in [3.8, 4) is 0 Å². The lowest BCUT2D eigenvalue weighted by Crippen LogP contribution is -2.18. The molecule has 1 nitrogen and oxygen atoms in total. The lowest BCUT2D eigenvalue weighted by atomic mass is 9.94. The minimum absolute atomic E-state index is 0.304. The first-order chi connectivity index (χ1) is 5.88. The van der Waals surface area contributed by atoms with Gasteiger partial charge in [-0.05, 0) is 41.1 Å². The van der Waals surface area contributed by atoms with Crippen molar-refractivity contribution >= 4 is 11.3 Å². The van der Waals surface area contributed by atoms with Crippen LogP contribution in [0.1, 0.15) is 37.3 Å². The van der Waals surface area contributed by atoms with Crippen LogP contribution in [-0.4, -0.2) is 0 Å². The largest absolute Gasteiger partial charge is 0.324 e. The second kappa shape index (κ2) is 3.58. The molecule has 0 saturated heterocycles. The Kier molecular flexibility index (Phi) is 2.47.